The number of nitrogens with zero attached hydrogens (tertiary/aromatic N) is 1. The molecule has 1 fully saturated rings. The smallest absolute Gasteiger partial charge is 0.273 e. The molecule has 0 bridgehead atoms. The van der Waals surface area contributed by atoms with Gasteiger partial charge in [0.05, 0.1) is 0 Å². The number of hydrogen-bond acceptors (Lipinski definition) is 4. The third-order valence-corrected chi connectivity index (χ3v) is 3.45. The summed E-state index contributed by atoms with van der Waals surface area (Å²) >= 11 is 0. The second kappa shape index (κ2) is 5.46. The molecule has 1 aromatic carbocycles. The molecule has 104 valence electrons. The van der Waals surface area contributed by atoms with E-state index in [-0.39, 0.29) is 5.91 Å². The Hall–Kier alpha value is -2.14. The molecule has 0 atom stereocenters. The van der Waals surface area contributed by atoms with Crippen LogP contribution in [0.15, 0.2) is 34.7 Å². The molecule has 1 aromatic heterocycles. The van der Waals surface area contributed by atoms with Crippen LogP contribution in [0.5, 0.6) is 0 Å². The Bertz CT molecular complexity index is 603. The molecule has 3 rings (SSSR count). The van der Waals surface area contributed by atoms with Crippen molar-refractivity contribution >= 4 is 5.91 Å². The fraction of sp³-hybridized carbons (Fsp3) is 0.333. The van der Waals surface area contributed by atoms with E-state index in [1.165, 1.54) is 0 Å². The summed E-state index contributed by atoms with van der Waals surface area (Å²) in [5.74, 6) is 1.40. The van der Waals surface area contributed by atoms with Gasteiger partial charge in [-0.15, -0.1) is 0 Å². The fourth-order valence-corrected chi connectivity index (χ4v) is 2.12. The minimum Gasteiger partial charge on any atom is -0.441 e. The summed E-state index contributed by atoms with van der Waals surface area (Å²) in [7, 11) is 0. The summed E-state index contributed by atoms with van der Waals surface area (Å²) in [6, 6.07) is 9.58. The molecule has 0 aliphatic carbocycles. The van der Waals surface area contributed by atoms with Gasteiger partial charge in [-0.2, -0.15) is 0 Å². The lowest BCUT2D eigenvalue weighted by Crippen LogP contribution is -2.48. The number of oxazole rings is 1. The second-order valence-electron chi connectivity index (χ2n) is 5.02. The topological polar surface area (TPSA) is 67.2 Å². The first-order valence-electron chi connectivity index (χ1n) is 6.76. The van der Waals surface area contributed by atoms with Gasteiger partial charge in [0, 0.05) is 31.1 Å². The number of nitrogens with one attached hydrogen (secondary N) is 2. The second-order valence-corrected chi connectivity index (χ2v) is 5.02. The molecule has 2 aromatic rings. The number of carbonyl (C=O) groups excluding carboxylic acids is 1. The molecule has 1 amide bonds. The van der Waals surface area contributed by atoms with E-state index in [1.807, 2.05) is 30.3 Å². The predicted molar refractivity (Wildman–Crippen MR) is 75.4 cm³/mol. The molecule has 1 aliphatic heterocycles. The van der Waals surface area contributed by atoms with E-state index < -0.39 is 0 Å². The maximum Gasteiger partial charge on any atom is 0.273 e. The summed E-state index contributed by atoms with van der Waals surface area (Å²) in [5, 5.41) is 6.08. The summed E-state index contributed by atoms with van der Waals surface area (Å²) < 4.78 is 5.58. The van der Waals surface area contributed by atoms with Crippen molar-refractivity contribution in [1.82, 2.24) is 15.6 Å². The van der Waals surface area contributed by atoms with Crippen LogP contribution in [0.2, 0.25) is 0 Å². The van der Waals surface area contributed by atoms with Gasteiger partial charge in [0.1, 0.15) is 5.76 Å². The molecule has 2 N–H and O–H groups in total. The predicted octanol–water partition coefficient (Wildman–Crippen LogP) is 1.60. The maximum absolute atomic E-state index is 12.1. The van der Waals surface area contributed by atoms with E-state index in [0.717, 1.165) is 18.7 Å². The van der Waals surface area contributed by atoms with Crippen LogP contribution in [0.1, 0.15) is 16.2 Å². The molecule has 0 unspecified atom stereocenters. The average molecular weight is 271 g/mol. The molecule has 0 radical (unpaired) electrons. The van der Waals surface area contributed by atoms with Gasteiger partial charge >= 0.3 is 0 Å². The van der Waals surface area contributed by atoms with Gasteiger partial charge in [-0.1, -0.05) is 18.2 Å². The van der Waals surface area contributed by atoms with Gasteiger partial charge in [0.2, 0.25) is 5.89 Å². The minimum absolute atomic E-state index is 0.166. The minimum atomic E-state index is -0.166. The Kier molecular flexibility index (Phi) is 3.52. The van der Waals surface area contributed by atoms with Crippen molar-refractivity contribution in [2.75, 3.05) is 19.6 Å². The Morgan fingerprint density at radius 2 is 2.15 bits per heavy atom. The largest absolute Gasteiger partial charge is 0.441 e. The van der Waals surface area contributed by atoms with Crippen molar-refractivity contribution in [2.24, 2.45) is 5.92 Å². The van der Waals surface area contributed by atoms with Crippen LogP contribution in [-0.2, 0) is 0 Å². The molecule has 5 nitrogen and oxygen atoms in total. The number of benzene rings is 1. The van der Waals surface area contributed by atoms with Gasteiger partial charge in [-0.3, -0.25) is 4.79 Å². The number of aromatic nitrogens is 1. The van der Waals surface area contributed by atoms with Crippen molar-refractivity contribution in [3.8, 4) is 11.5 Å². The third kappa shape index (κ3) is 2.58. The third-order valence-electron chi connectivity index (χ3n) is 3.45. The van der Waals surface area contributed by atoms with Crippen molar-refractivity contribution in [3.63, 3.8) is 0 Å². The number of carbonyl (C=O) groups is 1. The average Bonchev–Trinajstić information content (AvgIpc) is 2.80. The molecule has 1 aliphatic rings. The van der Waals surface area contributed by atoms with E-state index in [1.54, 1.807) is 6.92 Å². The van der Waals surface area contributed by atoms with Crippen molar-refractivity contribution in [2.45, 2.75) is 6.92 Å². The lowest BCUT2D eigenvalue weighted by Gasteiger charge is -2.26. The highest BCUT2D eigenvalue weighted by atomic mass is 16.4. The Labute approximate surface area is 117 Å². The molecule has 20 heavy (non-hydrogen) atoms. The number of hydrogen-bond donors (Lipinski definition) is 2. The van der Waals surface area contributed by atoms with E-state index in [0.29, 0.717) is 29.8 Å². The standard InChI is InChI=1S/C15H17N3O2/c1-10-13(14(19)17-9-11-7-16-8-11)18-15(20-10)12-5-3-2-4-6-12/h2-6,11,16H,7-9H2,1H3,(H,17,19). The zero-order valence-corrected chi connectivity index (χ0v) is 11.3. The van der Waals surface area contributed by atoms with Crippen LogP contribution in [0, 0.1) is 12.8 Å². The van der Waals surface area contributed by atoms with Crippen LogP contribution in [-0.4, -0.2) is 30.5 Å². The highest BCUT2D eigenvalue weighted by Gasteiger charge is 2.21. The molecular weight excluding hydrogens is 254 g/mol. The first-order chi connectivity index (χ1) is 9.74. The van der Waals surface area contributed by atoms with Crippen LogP contribution in [0.25, 0.3) is 11.5 Å². The zero-order chi connectivity index (χ0) is 13.9. The lowest BCUT2D eigenvalue weighted by atomic mass is 10.0. The van der Waals surface area contributed by atoms with Crippen molar-refractivity contribution in [1.29, 1.82) is 0 Å². The van der Waals surface area contributed by atoms with Crippen LogP contribution in [0.4, 0.5) is 0 Å². The van der Waals surface area contributed by atoms with Crippen molar-refractivity contribution < 1.29 is 9.21 Å². The van der Waals surface area contributed by atoms with E-state index in [2.05, 4.69) is 15.6 Å². The molecule has 1 saturated heterocycles. The van der Waals surface area contributed by atoms with Crippen LogP contribution < -0.4 is 10.6 Å². The first-order valence-corrected chi connectivity index (χ1v) is 6.76. The molecule has 5 heteroatoms. The van der Waals surface area contributed by atoms with Gasteiger partial charge in [-0.25, -0.2) is 4.98 Å². The molecule has 0 saturated carbocycles. The zero-order valence-electron chi connectivity index (χ0n) is 11.3. The summed E-state index contributed by atoms with van der Waals surface area (Å²) in [4.78, 5) is 16.4. The number of amides is 1. The molecular formula is C15H17N3O2. The molecule has 2 heterocycles. The SMILES string of the molecule is Cc1oc(-c2ccccc2)nc1C(=O)NCC1CNC1. The van der Waals surface area contributed by atoms with Crippen LogP contribution in [0.3, 0.4) is 0 Å². The highest BCUT2D eigenvalue weighted by molar-refractivity contribution is 5.93. The van der Waals surface area contributed by atoms with Gasteiger partial charge in [0.15, 0.2) is 5.69 Å². The van der Waals surface area contributed by atoms with Gasteiger partial charge in [0.25, 0.3) is 5.91 Å². The van der Waals surface area contributed by atoms with Gasteiger partial charge < -0.3 is 15.1 Å². The summed E-state index contributed by atoms with van der Waals surface area (Å²) in [6.07, 6.45) is 0. The summed E-state index contributed by atoms with van der Waals surface area (Å²) in [5.41, 5.74) is 1.24. The number of aryl methyl sites for hydroxylation is 1. The van der Waals surface area contributed by atoms with E-state index >= 15 is 0 Å². The van der Waals surface area contributed by atoms with Crippen LogP contribution >= 0.6 is 0 Å². The number of rotatable bonds is 4. The van der Waals surface area contributed by atoms with Gasteiger partial charge in [-0.05, 0) is 19.1 Å². The summed E-state index contributed by atoms with van der Waals surface area (Å²) in [6.45, 7) is 4.37. The quantitative estimate of drug-likeness (QED) is 0.886. The lowest BCUT2D eigenvalue weighted by molar-refractivity contribution is 0.0936. The van der Waals surface area contributed by atoms with E-state index in [9.17, 15) is 4.79 Å². The van der Waals surface area contributed by atoms with Crippen molar-refractivity contribution in [3.05, 3.63) is 41.8 Å². The highest BCUT2D eigenvalue weighted by Crippen LogP contribution is 2.21. The monoisotopic (exact) mass is 271 g/mol. The Morgan fingerprint density at radius 1 is 1.40 bits per heavy atom. The van der Waals surface area contributed by atoms with E-state index in [4.69, 9.17) is 4.42 Å². The Balaban J connectivity index is 1.73. The fourth-order valence-electron chi connectivity index (χ4n) is 2.12. The maximum atomic E-state index is 12.1. The normalized spacial score (nSPS) is 14.8. The Morgan fingerprint density at radius 3 is 2.80 bits per heavy atom. The molecule has 0 spiro atoms. The first kappa shape index (κ1) is 12.9.